The molecule has 2 rings (SSSR count). The van der Waals surface area contributed by atoms with Gasteiger partial charge in [-0.25, -0.2) is 4.98 Å². The maximum absolute atomic E-state index is 11.8. The van der Waals surface area contributed by atoms with Gasteiger partial charge in [-0.3, -0.25) is 4.79 Å². The number of carbonyl (C=O) groups is 1. The summed E-state index contributed by atoms with van der Waals surface area (Å²) in [5, 5.41) is 2.73. The minimum Gasteiger partial charge on any atom is -0.359 e. The van der Waals surface area contributed by atoms with Crippen LogP contribution in [0.3, 0.4) is 0 Å². The van der Waals surface area contributed by atoms with Gasteiger partial charge in [-0.2, -0.15) is 0 Å². The number of piperidine rings is 1. The van der Waals surface area contributed by atoms with Gasteiger partial charge in [0.1, 0.15) is 5.82 Å². The van der Waals surface area contributed by atoms with Crippen LogP contribution in [-0.2, 0) is 11.3 Å². The lowest BCUT2D eigenvalue weighted by molar-refractivity contribution is -0.124. The number of nitrogens with one attached hydrogen (secondary N) is 1. The van der Waals surface area contributed by atoms with Crippen molar-refractivity contribution in [3.05, 3.63) is 23.4 Å². The number of aryl methyl sites for hydroxylation is 1. The lowest BCUT2D eigenvalue weighted by Crippen LogP contribution is -2.42. The molecule has 1 fully saturated rings. The number of pyridine rings is 1. The smallest absolute Gasteiger partial charge is 0.224 e. The van der Waals surface area contributed by atoms with Crippen molar-refractivity contribution >= 4 is 11.7 Å². The van der Waals surface area contributed by atoms with Crippen LogP contribution in [0.2, 0.25) is 0 Å². The number of hydrogen-bond acceptors (Lipinski definition) is 4. The normalized spacial score (nSPS) is 19.3. The summed E-state index contributed by atoms with van der Waals surface area (Å²) in [6.07, 6.45) is 1.97. The quantitative estimate of drug-likeness (QED) is 0.845. The molecule has 0 aromatic carbocycles. The van der Waals surface area contributed by atoms with E-state index in [0.29, 0.717) is 6.54 Å². The van der Waals surface area contributed by atoms with Crippen molar-refractivity contribution in [2.45, 2.75) is 26.3 Å². The molecule has 1 aliphatic rings. The van der Waals surface area contributed by atoms with E-state index in [9.17, 15) is 4.79 Å². The van der Waals surface area contributed by atoms with Crippen molar-refractivity contribution in [3.63, 3.8) is 0 Å². The first kappa shape index (κ1) is 13.8. The van der Waals surface area contributed by atoms with Crippen molar-refractivity contribution < 1.29 is 4.79 Å². The maximum Gasteiger partial charge on any atom is 0.224 e. The highest BCUT2D eigenvalue weighted by Gasteiger charge is 2.25. The van der Waals surface area contributed by atoms with Crippen molar-refractivity contribution in [2.24, 2.45) is 11.7 Å². The van der Waals surface area contributed by atoms with Gasteiger partial charge in [0.05, 0.1) is 5.92 Å². The second kappa shape index (κ2) is 6.02. The molecule has 19 heavy (non-hydrogen) atoms. The lowest BCUT2D eigenvalue weighted by atomic mass is 9.97. The molecule has 1 unspecified atom stereocenters. The molecule has 1 saturated heterocycles. The molecule has 0 radical (unpaired) electrons. The van der Waals surface area contributed by atoms with E-state index in [4.69, 9.17) is 5.73 Å². The Kier molecular flexibility index (Phi) is 4.37. The fourth-order valence-corrected chi connectivity index (χ4v) is 2.60. The van der Waals surface area contributed by atoms with Gasteiger partial charge in [-0.05, 0) is 37.5 Å². The van der Waals surface area contributed by atoms with Crippen molar-refractivity contribution in [3.8, 4) is 0 Å². The van der Waals surface area contributed by atoms with Crippen LogP contribution < -0.4 is 16.0 Å². The van der Waals surface area contributed by atoms with E-state index in [1.165, 1.54) is 0 Å². The average Bonchev–Trinajstić information content (AvgIpc) is 2.45. The van der Waals surface area contributed by atoms with Gasteiger partial charge < -0.3 is 16.0 Å². The van der Waals surface area contributed by atoms with Crippen LogP contribution in [0.1, 0.15) is 24.1 Å². The zero-order valence-electron chi connectivity index (χ0n) is 11.6. The first-order valence-electron chi connectivity index (χ1n) is 6.78. The van der Waals surface area contributed by atoms with Crippen molar-refractivity contribution in [1.82, 2.24) is 10.3 Å². The zero-order chi connectivity index (χ0) is 13.8. The summed E-state index contributed by atoms with van der Waals surface area (Å²) in [7, 11) is 1.69. The molecule has 1 aromatic rings. The number of anilines is 1. The largest absolute Gasteiger partial charge is 0.359 e. The zero-order valence-corrected chi connectivity index (χ0v) is 11.6. The van der Waals surface area contributed by atoms with Crippen LogP contribution in [-0.4, -0.2) is 31.0 Å². The third-order valence-electron chi connectivity index (χ3n) is 3.60. The van der Waals surface area contributed by atoms with Crippen LogP contribution in [0.4, 0.5) is 5.82 Å². The highest BCUT2D eigenvalue weighted by Crippen LogP contribution is 2.23. The molecule has 3 N–H and O–H groups in total. The van der Waals surface area contributed by atoms with E-state index in [1.807, 2.05) is 19.1 Å². The molecule has 104 valence electrons. The predicted octanol–water partition coefficient (Wildman–Crippen LogP) is 0.811. The molecule has 2 heterocycles. The third kappa shape index (κ3) is 3.23. The summed E-state index contributed by atoms with van der Waals surface area (Å²) in [6, 6.07) is 4.03. The molecule has 1 atom stereocenters. The lowest BCUT2D eigenvalue weighted by Gasteiger charge is -2.33. The van der Waals surface area contributed by atoms with Gasteiger partial charge in [0.25, 0.3) is 0 Å². The number of carbonyl (C=O) groups excluding carboxylic acids is 1. The first-order chi connectivity index (χ1) is 9.13. The van der Waals surface area contributed by atoms with E-state index in [-0.39, 0.29) is 11.8 Å². The summed E-state index contributed by atoms with van der Waals surface area (Å²) in [6.45, 7) is 4.18. The molecule has 5 nitrogen and oxygen atoms in total. The minimum absolute atomic E-state index is 0.0578. The number of nitrogens with two attached hydrogens (primary N) is 1. The SMILES string of the molecule is CNC(=O)C1CCCN(c2cc(CN)cc(C)n2)C1. The highest BCUT2D eigenvalue weighted by atomic mass is 16.1. The van der Waals surface area contributed by atoms with Crippen LogP contribution in [0.15, 0.2) is 12.1 Å². The molecule has 1 aromatic heterocycles. The predicted molar refractivity (Wildman–Crippen MR) is 75.9 cm³/mol. The van der Waals surface area contributed by atoms with Gasteiger partial charge in [0.15, 0.2) is 0 Å². The van der Waals surface area contributed by atoms with Crippen molar-refractivity contribution in [1.29, 1.82) is 0 Å². The Hall–Kier alpha value is -1.62. The fourth-order valence-electron chi connectivity index (χ4n) is 2.60. The Morgan fingerprint density at radius 1 is 1.58 bits per heavy atom. The summed E-state index contributed by atoms with van der Waals surface area (Å²) >= 11 is 0. The van der Waals surface area contributed by atoms with Crippen LogP contribution in [0.5, 0.6) is 0 Å². The third-order valence-corrected chi connectivity index (χ3v) is 3.60. The van der Waals surface area contributed by atoms with E-state index in [0.717, 1.165) is 43.0 Å². The number of rotatable bonds is 3. The van der Waals surface area contributed by atoms with E-state index < -0.39 is 0 Å². The van der Waals surface area contributed by atoms with E-state index in [2.05, 4.69) is 15.2 Å². The maximum atomic E-state index is 11.8. The summed E-state index contributed by atoms with van der Waals surface area (Å²) < 4.78 is 0. The summed E-state index contributed by atoms with van der Waals surface area (Å²) in [5.74, 6) is 1.12. The van der Waals surface area contributed by atoms with E-state index in [1.54, 1.807) is 7.05 Å². The molecule has 0 bridgehead atoms. The van der Waals surface area contributed by atoms with Crippen LogP contribution in [0, 0.1) is 12.8 Å². The number of aromatic nitrogens is 1. The number of amides is 1. The first-order valence-corrected chi connectivity index (χ1v) is 6.78. The fraction of sp³-hybridized carbons (Fsp3) is 0.571. The second-order valence-corrected chi connectivity index (χ2v) is 5.08. The molecule has 1 aliphatic heterocycles. The van der Waals surface area contributed by atoms with E-state index >= 15 is 0 Å². The van der Waals surface area contributed by atoms with Gasteiger partial charge in [0, 0.05) is 32.4 Å². The van der Waals surface area contributed by atoms with Crippen LogP contribution >= 0.6 is 0 Å². The van der Waals surface area contributed by atoms with Gasteiger partial charge in [-0.1, -0.05) is 0 Å². The van der Waals surface area contributed by atoms with Gasteiger partial charge >= 0.3 is 0 Å². The van der Waals surface area contributed by atoms with Crippen LogP contribution in [0.25, 0.3) is 0 Å². The Bertz CT molecular complexity index is 461. The number of hydrogen-bond donors (Lipinski definition) is 2. The molecule has 0 aliphatic carbocycles. The topological polar surface area (TPSA) is 71.2 Å². The highest BCUT2D eigenvalue weighted by molar-refractivity contribution is 5.79. The molecular formula is C14H22N4O. The number of nitrogens with zero attached hydrogens (tertiary/aromatic N) is 2. The monoisotopic (exact) mass is 262 g/mol. The van der Waals surface area contributed by atoms with Crippen molar-refractivity contribution in [2.75, 3.05) is 25.0 Å². The Labute approximate surface area is 114 Å². The molecule has 5 heteroatoms. The molecule has 0 saturated carbocycles. The standard InChI is InChI=1S/C14H22N4O/c1-10-6-11(8-15)7-13(17-10)18-5-3-4-12(9-18)14(19)16-2/h6-7,12H,3-5,8-9,15H2,1-2H3,(H,16,19). The molecule has 1 amide bonds. The Morgan fingerprint density at radius 2 is 2.37 bits per heavy atom. The Balaban J connectivity index is 2.17. The van der Waals surface area contributed by atoms with Gasteiger partial charge in [-0.15, -0.1) is 0 Å². The summed E-state index contributed by atoms with van der Waals surface area (Å²) in [4.78, 5) is 18.5. The Morgan fingerprint density at radius 3 is 3.05 bits per heavy atom. The molecule has 0 spiro atoms. The average molecular weight is 262 g/mol. The summed E-state index contributed by atoms with van der Waals surface area (Å²) in [5.41, 5.74) is 7.76. The minimum atomic E-state index is 0.0578. The molecular weight excluding hydrogens is 240 g/mol. The second-order valence-electron chi connectivity index (χ2n) is 5.08. The van der Waals surface area contributed by atoms with Gasteiger partial charge in [0.2, 0.25) is 5.91 Å².